The number of para-hydroxylation sites is 1. The number of furan rings is 1. The number of aromatic nitrogens is 3. The van der Waals surface area contributed by atoms with Gasteiger partial charge in [-0.25, -0.2) is 4.39 Å². The highest BCUT2D eigenvalue weighted by atomic mass is 32.2. The number of benzene rings is 2. The van der Waals surface area contributed by atoms with E-state index in [0.717, 1.165) is 5.39 Å². The Morgan fingerprint density at radius 1 is 1.21 bits per heavy atom. The van der Waals surface area contributed by atoms with Gasteiger partial charge in [-0.05, 0) is 36.4 Å². The van der Waals surface area contributed by atoms with Crippen molar-refractivity contribution in [2.75, 3.05) is 12.9 Å². The number of carbonyl (C=O) groups is 1. The smallest absolute Gasteiger partial charge is 0.200 e. The van der Waals surface area contributed by atoms with Gasteiger partial charge in [-0.1, -0.05) is 23.9 Å². The molecule has 0 aliphatic carbocycles. The van der Waals surface area contributed by atoms with Gasteiger partial charge < -0.3 is 13.7 Å². The number of hydrogen-bond donors (Lipinski definition) is 0. The van der Waals surface area contributed by atoms with Crippen molar-refractivity contribution in [2.45, 2.75) is 5.16 Å². The van der Waals surface area contributed by atoms with E-state index >= 15 is 0 Å². The molecule has 0 N–H and O–H groups in total. The summed E-state index contributed by atoms with van der Waals surface area (Å²) in [6.45, 7) is 0. The van der Waals surface area contributed by atoms with E-state index in [9.17, 15) is 9.18 Å². The fourth-order valence-corrected chi connectivity index (χ4v) is 3.62. The Morgan fingerprint density at radius 2 is 2.00 bits per heavy atom. The van der Waals surface area contributed by atoms with Crippen LogP contribution in [0.25, 0.3) is 22.6 Å². The molecule has 0 spiro atoms. The average molecular weight is 397 g/mol. The third-order valence-corrected chi connectivity index (χ3v) is 5.30. The fourth-order valence-electron chi connectivity index (χ4n) is 2.81. The summed E-state index contributed by atoms with van der Waals surface area (Å²) in [6, 6.07) is 13.0. The number of carbonyl (C=O) groups excluding carboxylic acids is 1. The van der Waals surface area contributed by atoms with Crippen LogP contribution in [0.1, 0.15) is 10.4 Å². The van der Waals surface area contributed by atoms with Gasteiger partial charge in [0, 0.05) is 18.0 Å². The summed E-state index contributed by atoms with van der Waals surface area (Å²) in [6.07, 6.45) is 0. The number of thioether (sulfide) groups is 1. The summed E-state index contributed by atoms with van der Waals surface area (Å²) < 4.78 is 26.0. The van der Waals surface area contributed by atoms with Crippen LogP contribution in [0.15, 0.2) is 58.1 Å². The van der Waals surface area contributed by atoms with Crippen LogP contribution in [0.2, 0.25) is 0 Å². The van der Waals surface area contributed by atoms with Crippen molar-refractivity contribution in [1.29, 1.82) is 0 Å². The van der Waals surface area contributed by atoms with Crippen molar-refractivity contribution in [2.24, 2.45) is 7.05 Å². The minimum absolute atomic E-state index is 0.108. The van der Waals surface area contributed by atoms with Gasteiger partial charge in [0.25, 0.3) is 0 Å². The Balaban J connectivity index is 1.54. The number of rotatable bonds is 6. The lowest BCUT2D eigenvalue weighted by Gasteiger charge is -2.02. The zero-order valence-electron chi connectivity index (χ0n) is 15.2. The molecule has 6 nitrogen and oxygen atoms in total. The Morgan fingerprint density at radius 3 is 2.75 bits per heavy atom. The van der Waals surface area contributed by atoms with E-state index in [2.05, 4.69) is 10.2 Å². The first-order valence-corrected chi connectivity index (χ1v) is 9.43. The maximum absolute atomic E-state index is 13.0. The number of ketones is 1. The van der Waals surface area contributed by atoms with Gasteiger partial charge >= 0.3 is 0 Å². The minimum Gasteiger partial charge on any atom is -0.493 e. The lowest BCUT2D eigenvalue weighted by atomic mass is 10.1. The topological polar surface area (TPSA) is 70.2 Å². The molecule has 0 radical (unpaired) electrons. The second-order valence-corrected chi connectivity index (χ2v) is 7.02. The predicted molar refractivity (Wildman–Crippen MR) is 104 cm³/mol. The summed E-state index contributed by atoms with van der Waals surface area (Å²) in [5.41, 5.74) is 1.10. The molecule has 0 unspecified atom stereocenters. The van der Waals surface area contributed by atoms with Crippen LogP contribution in [0, 0.1) is 5.82 Å². The summed E-state index contributed by atoms with van der Waals surface area (Å²) in [7, 11) is 3.40. The summed E-state index contributed by atoms with van der Waals surface area (Å²) in [5.74, 6) is 1.45. The maximum atomic E-state index is 13.0. The van der Waals surface area contributed by atoms with Gasteiger partial charge in [-0.2, -0.15) is 0 Å². The van der Waals surface area contributed by atoms with E-state index in [1.165, 1.54) is 36.0 Å². The van der Waals surface area contributed by atoms with E-state index in [1.54, 1.807) is 11.7 Å². The standard InChI is InChI=1S/C20H16FN3O3S/c1-24-19(17-10-13-4-3-5-16(26-2)18(13)27-17)22-23-20(24)28-11-15(25)12-6-8-14(21)9-7-12/h3-10H,11H2,1-2H3. The van der Waals surface area contributed by atoms with Crippen LogP contribution >= 0.6 is 11.8 Å². The Labute approximate surface area is 164 Å². The molecule has 0 saturated carbocycles. The largest absolute Gasteiger partial charge is 0.493 e. The molecule has 142 valence electrons. The number of ether oxygens (including phenoxy) is 1. The average Bonchev–Trinajstić information content (AvgIpc) is 3.29. The molecule has 0 fully saturated rings. The molecular formula is C20H16FN3O3S. The molecule has 0 atom stereocenters. The highest BCUT2D eigenvalue weighted by molar-refractivity contribution is 7.99. The molecule has 2 heterocycles. The van der Waals surface area contributed by atoms with Crippen molar-refractivity contribution in [3.05, 3.63) is 59.9 Å². The van der Waals surface area contributed by atoms with Gasteiger partial charge in [0.2, 0.25) is 0 Å². The third-order valence-electron chi connectivity index (χ3n) is 4.28. The van der Waals surface area contributed by atoms with Gasteiger partial charge in [0.05, 0.1) is 12.9 Å². The van der Waals surface area contributed by atoms with Crippen molar-refractivity contribution in [3.8, 4) is 17.3 Å². The molecule has 4 aromatic rings. The van der Waals surface area contributed by atoms with E-state index in [0.29, 0.717) is 33.6 Å². The highest BCUT2D eigenvalue weighted by Crippen LogP contribution is 2.33. The van der Waals surface area contributed by atoms with Crippen LogP contribution in [0.3, 0.4) is 0 Å². The maximum Gasteiger partial charge on any atom is 0.200 e. The van der Waals surface area contributed by atoms with Crippen molar-refractivity contribution >= 4 is 28.5 Å². The van der Waals surface area contributed by atoms with Gasteiger partial charge in [0.1, 0.15) is 5.82 Å². The lowest BCUT2D eigenvalue weighted by molar-refractivity contribution is 0.102. The minimum atomic E-state index is -0.371. The third kappa shape index (κ3) is 3.38. The second kappa shape index (κ2) is 7.47. The molecule has 0 saturated heterocycles. The first-order chi connectivity index (χ1) is 13.6. The molecule has 0 aliphatic heterocycles. The fraction of sp³-hybridized carbons (Fsp3) is 0.150. The van der Waals surface area contributed by atoms with Crippen LogP contribution in [0.4, 0.5) is 4.39 Å². The number of methoxy groups -OCH3 is 1. The van der Waals surface area contributed by atoms with Gasteiger partial charge in [-0.15, -0.1) is 10.2 Å². The molecular weight excluding hydrogens is 381 g/mol. The monoisotopic (exact) mass is 397 g/mol. The van der Waals surface area contributed by atoms with Gasteiger partial charge in [0.15, 0.2) is 33.9 Å². The summed E-state index contributed by atoms with van der Waals surface area (Å²) in [4.78, 5) is 12.3. The van der Waals surface area contributed by atoms with Crippen LogP contribution in [0.5, 0.6) is 5.75 Å². The first-order valence-electron chi connectivity index (χ1n) is 8.44. The van der Waals surface area contributed by atoms with Crippen molar-refractivity contribution in [1.82, 2.24) is 14.8 Å². The SMILES string of the molecule is COc1cccc2cc(-c3nnc(SCC(=O)c4ccc(F)cc4)n3C)oc12. The molecule has 4 rings (SSSR count). The highest BCUT2D eigenvalue weighted by Gasteiger charge is 2.18. The number of halogens is 1. The van der Waals surface area contributed by atoms with Crippen LogP contribution in [-0.2, 0) is 7.05 Å². The number of Topliss-reactive ketones (excluding diaryl/α,β-unsaturated/α-hetero) is 1. The number of hydrogen-bond acceptors (Lipinski definition) is 6. The predicted octanol–water partition coefficient (Wildman–Crippen LogP) is 4.35. The number of nitrogens with zero attached hydrogens (tertiary/aromatic N) is 3. The Kier molecular flexibility index (Phi) is 4.87. The van der Waals surface area contributed by atoms with E-state index in [4.69, 9.17) is 9.15 Å². The molecule has 28 heavy (non-hydrogen) atoms. The number of fused-ring (bicyclic) bond motifs is 1. The lowest BCUT2D eigenvalue weighted by Crippen LogP contribution is -2.04. The summed E-state index contributed by atoms with van der Waals surface area (Å²) in [5, 5.41) is 9.84. The molecule has 0 bridgehead atoms. The Hall–Kier alpha value is -3.13. The van der Waals surface area contributed by atoms with E-state index in [1.807, 2.05) is 31.3 Å². The zero-order valence-corrected chi connectivity index (χ0v) is 16.0. The van der Waals surface area contributed by atoms with Crippen LogP contribution in [-0.4, -0.2) is 33.4 Å². The second-order valence-electron chi connectivity index (χ2n) is 6.07. The molecule has 8 heteroatoms. The normalized spacial score (nSPS) is 11.1. The Bertz CT molecular complexity index is 1150. The van der Waals surface area contributed by atoms with Crippen LogP contribution < -0.4 is 4.74 Å². The molecule has 0 amide bonds. The quantitative estimate of drug-likeness (QED) is 0.356. The van der Waals surface area contributed by atoms with Crippen molar-refractivity contribution < 1.29 is 18.3 Å². The van der Waals surface area contributed by atoms with E-state index < -0.39 is 0 Å². The molecule has 2 aromatic heterocycles. The van der Waals surface area contributed by atoms with Crippen molar-refractivity contribution in [3.63, 3.8) is 0 Å². The molecule has 2 aromatic carbocycles. The first kappa shape index (κ1) is 18.2. The van der Waals surface area contributed by atoms with Gasteiger partial charge in [-0.3, -0.25) is 4.79 Å². The zero-order chi connectivity index (χ0) is 19.7. The molecule has 0 aliphatic rings. The summed E-state index contributed by atoms with van der Waals surface area (Å²) >= 11 is 1.26. The van der Waals surface area contributed by atoms with E-state index in [-0.39, 0.29) is 17.4 Å².